The molecule has 0 aliphatic carbocycles. The summed E-state index contributed by atoms with van der Waals surface area (Å²) in [6, 6.07) is 2.28. The molecule has 4 nitrogen and oxygen atoms in total. The molecule has 0 amide bonds. The van der Waals surface area contributed by atoms with Crippen molar-refractivity contribution in [2.45, 2.75) is 58.8 Å². The van der Waals surface area contributed by atoms with Crippen molar-refractivity contribution in [3.63, 3.8) is 0 Å². The molecule has 1 N–H and O–H groups in total. The van der Waals surface area contributed by atoms with Crippen LogP contribution in [0.15, 0.2) is 18.5 Å². The molecule has 4 heteroatoms. The van der Waals surface area contributed by atoms with Crippen LogP contribution in [-0.2, 0) is 4.74 Å². The van der Waals surface area contributed by atoms with Crippen LogP contribution < -0.4 is 10.1 Å². The fourth-order valence-corrected chi connectivity index (χ4v) is 2.81. The van der Waals surface area contributed by atoms with E-state index in [2.05, 4.69) is 30.2 Å². The minimum atomic E-state index is 0.158. The summed E-state index contributed by atoms with van der Waals surface area (Å²) in [5.41, 5.74) is 1.15. The summed E-state index contributed by atoms with van der Waals surface area (Å²) in [7, 11) is 0. The molecule has 2 rings (SSSR count). The van der Waals surface area contributed by atoms with Crippen LogP contribution in [0.2, 0.25) is 0 Å². The molecule has 0 bridgehead atoms. The maximum absolute atomic E-state index is 5.97. The van der Waals surface area contributed by atoms with E-state index in [0.717, 1.165) is 37.3 Å². The summed E-state index contributed by atoms with van der Waals surface area (Å²) < 4.78 is 11.7. The van der Waals surface area contributed by atoms with Crippen LogP contribution in [0.25, 0.3) is 0 Å². The zero-order chi connectivity index (χ0) is 15.2. The molecular formula is C17H28N2O2. The highest BCUT2D eigenvalue weighted by atomic mass is 16.5. The molecule has 21 heavy (non-hydrogen) atoms. The van der Waals surface area contributed by atoms with Crippen molar-refractivity contribution in [1.82, 2.24) is 10.3 Å². The van der Waals surface area contributed by atoms with Crippen LogP contribution in [0.4, 0.5) is 0 Å². The lowest BCUT2D eigenvalue weighted by atomic mass is 9.93. The molecule has 1 fully saturated rings. The number of ether oxygens (including phenoxy) is 2. The van der Waals surface area contributed by atoms with Crippen LogP contribution in [0, 0.1) is 5.92 Å². The third kappa shape index (κ3) is 4.42. The van der Waals surface area contributed by atoms with E-state index >= 15 is 0 Å². The Balaban J connectivity index is 2.19. The van der Waals surface area contributed by atoms with Gasteiger partial charge in [-0.05, 0) is 50.8 Å². The third-order valence-electron chi connectivity index (χ3n) is 3.85. The van der Waals surface area contributed by atoms with E-state index in [1.807, 2.05) is 20.0 Å². The fraction of sp³-hybridized carbons (Fsp3) is 0.706. The van der Waals surface area contributed by atoms with E-state index in [1.165, 1.54) is 0 Å². The second-order valence-electron chi connectivity index (χ2n) is 6.15. The molecule has 1 saturated heterocycles. The molecule has 118 valence electrons. The predicted molar refractivity (Wildman–Crippen MR) is 84.6 cm³/mol. The Hall–Kier alpha value is -1.13. The standard InChI is InChI=1S/C17H28N2O2/c1-5-7-19-16(17-13(4)6-8-20-17)14-9-15(11-18-10-14)21-12(2)3/h9-13,16-17,19H,5-8H2,1-4H3. The lowest BCUT2D eigenvalue weighted by molar-refractivity contribution is 0.0605. The van der Waals surface area contributed by atoms with Gasteiger partial charge in [0.15, 0.2) is 0 Å². The van der Waals surface area contributed by atoms with E-state index in [4.69, 9.17) is 9.47 Å². The predicted octanol–water partition coefficient (Wildman–Crippen LogP) is 3.33. The van der Waals surface area contributed by atoms with Crippen molar-refractivity contribution in [3.05, 3.63) is 24.0 Å². The molecule has 0 radical (unpaired) electrons. The lowest BCUT2D eigenvalue weighted by Gasteiger charge is -2.27. The summed E-state index contributed by atoms with van der Waals surface area (Å²) in [6.45, 7) is 10.3. The molecule has 1 aliphatic rings. The molecule has 1 aromatic heterocycles. The van der Waals surface area contributed by atoms with Gasteiger partial charge in [0, 0.05) is 12.8 Å². The summed E-state index contributed by atoms with van der Waals surface area (Å²) in [4.78, 5) is 4.34. The second kappa shape index (κ2) is 7.76. The van der Waals surface area contributed by atoms with Gasteiger partial charge >= 0.3 is 0 Å². The Labute approximate surface area is 128 Å². The fourth-order valence-electron chi connectivity index (χ4n) is 2.81. The van der Waals surface area contributed by atoms with Crippen LogP contribution in [0.1, 0.15) is 52.1 Å². The number of hydrogen-bond donors (Lipinski definition) is 1. The average Bonchev–Trinajstić information content (AvgIpc) is 2.85. The second-order valence-corrected chi connectivity index (χ2v) is 6.15. The number of aromatic nitrogens is 1. The Morgan fingerprint density at radius 1 is 1.43 bits per heavy atom. The Morgan fingerprint density at radius 2 is 2.24 bits per heavy atom. The minimum Gasteiger partial charge on any atom is -0.489 e. The highest BCUT2D eigenvalue weighted by molar-refractivity contribution is 5.27. The van der Waals surface area contributed by atoms with Crippen LogP contribution in [-0.4, -0.2) is 30.3 Å². The maximum Gasteiger partial charge on any atom is 0.138 e. The van der Waals surface area contributed by atoms with Gasteiger partial charge in [-0.3, -0.25) is 4.98 Å². The van der Waals surface area contributed by atoms with Gasteiger partial charge in [-0.2, -0.15) is 0 Å². The van der Waals surface area contributed by atoms with E-state index in [1.54, 1.807) is 6.20 Å². The molecular weight excluding hydrogens is 264 g/mol. The maximum atomic E-state index is 5.97. The average molecular weight is 292 g/mol. The van der Waals surface area contributed by atoms with Gasteiger partial charge in [-0.1, -0.05) is 13.8 Å². The molecule has 3 unspecified atom stereocenters. The van der Waals surface area contributed by atoms with Crippen molar-refractivity contribution >= 4 is 0 Å². The number of pyridine rings is 1. The Bertz CT molecular complexity index is 437. The zero-order valence-corrected chi connectivity index (χ0v) is 13.6. The van der Waals surface area contributed by atoms with Gasteiger partial charge in [0.2, 0.25) is 0 Å². The largest absolute Gasteiger partial charge is 0.489 e. The summed E-state index contributed by atoms with van der Waals surface area (Å²) >= 11 is 0. The summed E-state index contributed by atoms with van der Waals surface area (Å²) in [6.07, 6.45) is 6.31. The highest BCUT2D eigenvalue weighted by Crippen LogP contribution is 2.32. The first-order valence-corrected chi connectivity index (χ1v) is 8.08. The summed E-state index contributed by atoms with van der Waals surface area (Å²) in [5, 5.41) is 3.62. The molecule has 0 saturated carbocycles. The van der Waals surface area contributed by atoms with Gasteiger partial charge in [-0.25, -0.2) is 0 Å². The Kier molecular flexibility index (Phi) is 6.00. The van der Waals surface area contributed by atoms with Crippen molar-refractivity contribution < 1.29 is 9.47 Å². The molecule has 1 aromatic rings. The van der Waals surface area contributed by atoms with E-state index in [9.17, 15) is 0 Å². The lowest BCUT2D eigenvalue weighted by Crippen LogP contribution is -2.35. The quantitative estimate of drug-likeness (QED) is 0.837. The molecule has 1 aliphatic heterocycles. The van der Waals surface area contributed by atoms with Gasteiger partial charge in [0.1, 0.15) is 5.75 Å². The van der Waals surface area contributed by atoms with Crippen molar-refractivity contribution in [2.24, 2.45) is 5.92 Å². The van der Waals surface area contributed by atoms with Gasteiger partial charge in [0.25, 0.3) is 0 Å². The third-order valence-corrected chi connectivity index (χ3v) is 3.85. The first-order valence-electron chi connectivity index (χ1n) is 8.08. The highest BCUT2D eigenvalue weighted by Gasteiger charge is 2.33. The SMILES string of the molecule is CCCNC(c1cncc(OC(C)C)c1)C1OCCC1C. The number of rotatable bonds is 7. The van der Waals surface area contributed by atoms with Crippen LogP contribution in [0.5, 0.6) is 5.75 Å². The van der Waals surface area contributed by atoms with E-state index in [-0.39, 0.29) is 18.2 Å². The van der Waals surface area contributed by atoms with Gasteiger partial charge < -0.3 is 14.8 Å². The van der Waals surface area contributed by atoms with Crippen LogP contribution in [0.3, 0.4) is 0 Å². The Morgan fingerprint density at radius 3 is 2.86 bits per heavy atom. The van der Waals surface area contributed by atoms with Crippen molar-refractivity contribution in [2.75, 3.05) is 13.2 Å². The van der Waals surface area contributed by atoms with Crippen LogP contribution >= 0.6 is 0 Å². The monoisotopic (exact) mass is 292 g/mol. The van der Waals surface area contributed by atoms with E-state index in [0.29, 0.717) is 5.92 Å². The van der Waals surface area contributed by atoms with Crippen molar-refractivity contribution in [3.8, 4) is 5.75 Å². The zero-order valence-electron chi connectivity index (χ0n) is 13.6. The molecule has 0 aromatic carbocycles. The minimum absolute atomic E-state index is 0.158. The summed E-state index contributed by atoms with van der Waals surface area (Å²) in [5.74, 6) is 1.39. The number of hydrogen-bond acceptors (Lipinski definition) is 4. The first-order chi connectivity index (χ1) is 10.1. The van der Waals surface area contributed by atoms with Gasteiger partial charge in [-0.15, -0.1) is 0 Å². The topological polar surface area (TPSA) is 43.4 Å². The normalized spacial score (nSPS) is 23.5. The van der Waals surface area contributed by atoms with Crippen molar-refractivity contribution in [1.29, 1.82) is 0 Å². The number of nitrogens with zero attached hydrogens (tertiary/aromatic N) is 1. The molecule has 0 spiro atoms. The van der Waals surface area contributed by atoms with E-state index < -0.39 is 0 Å². The van der Waals surface area contributed by atoms with Gasteiger partial charge in [0.05, 0.1) is 24.4 Å². The number of nitrogens with one attached hydrogen (secondary N) is 1. The molecule has 3 atom stereocenters. The first kappa shape index (κ1) is 16.2. The smallest absolute Gasteiger partial charge is 0.138 e. The molecule has 2 heterocycles.